The van der Waals surface area contributed by atoms with Crippen LogP contribution in [0.1, 0.15) is 61.1 Å². The molecule has 3 aromatic carbocycles. The van der Waals surface area contributed by atoms with E-state index in [2.05, 4.69) is 183 Å². The van der Waals surface area contributed by atoms with Crippen LogP contribution in [0.5, 0.6) is 0 Å². The Bertz CT molecular complexity index is 1550. The Morgan fingerprint density at radius 2 is 0.660 bits per heavy atom. The second kappa shape index (κ2) is 15.5. The van der Waals surface area contributed by atoms with E-state index in [0.29, 0.717) is 0 Å². The molecule has 47 heavy (non-hydrogen) atoms. The number of benzene rings is 3. The predicted octanol–water partition coefficient (Wildman–Crippen LogP) is -1.85. The van der Waals surface area contributed by atoms with Gasteiger partial charge >= 0.3 is 283 Å². The first-order valence-electron chi connectivity index (χ1n) is 15.8. The van der Waals surface area contributed by atoms with Crippen molar-refractivity contribution >= 4 is 40.7 Å². The fourth-order valence-electron chi connectivity index (χ4n) is 8.19. The van der Waals surface area contributed by atoms with E-state index in [1.807, 2.05) is 0 Å². The molecule has 0 atom stereocenters. The SMILES string of the molecule is CC1=C(C)[C]([Ti+3])([Si](c2cc(N(C)C)c(C)cc2C)(c2cc(N(C)C)c(C)cc2C)c2cc(N(C)C)c(C)cc2C)C(C)=C1C.[Cl-].[Cl-].[Cl-]. The van der Waals surface area contributed by atoms with E-state index in [0.717, 1.165) is 0 Å². The molecule has 0 saturated heterocycles. The monoisotopic (exact) mass is 745 g/mol. The minimum absolute atomic E-state index is 0. The van der Waals surface area contributed by atoms with E-state index in [1.54, 1.807) is 0 Å². The molecule has 0 radical (unpaired) electrons. The zero-order chi connectivity index (χ0) is 33.2. The van der Waals surface area contributed by atoms with Gasteiger partial charge in [0.25, 0.3) is 0 Å². The fraction of sp³-hybridized carbons (Fsp3) is 0.436. The Labute approximate surface area is 317 Å². The summed E-state index contributed by atoms with van der Waals surface area (Å²) in [7, 11) is 10.2. The first-order chi connectivity index (χ1) is 20.3. The molecule has 0 spiro atoms. The van der Waals surface area contributed by atoms with Gasteiger partial charge in [0, 0.05) is 0 Å². The van der Waals surface area contributed by atoms with Gasteiger partial charge in [-0.3, -0.25) is 0 Å². The van der Waals surface area contributed by atoms with Crippen LogP contribution in [0, 0.1) is 41.5 Å². The number of nitrogens with zero attached hydrogens (tertiary/aromatic N) is 3. The molecule has 0 heterocycles. The Morgan fingerprint density at radius 3 is 0.872 bits per heavy atom. The molecule has 0 amide bonds. The molecule has 0 unspecified atom stereocenters. The zero-order valence-electron chi connectivity index (χ0n) is 31.4. The van der Waals surface area contributed by atoms with Gasteiger partial charge in [-0.2, -0.15) is 0 Å². The Kier molecular flexibility index (Phi) is 14.3. The van der Waals surface area contributed by atoms with Gasteiger partial charge in [0.2, 0.25) is 0 Å². The number of rotatable bonds is 7. The van der Waals surface area contributed by atoms with Crippen LogP contribution in [0.25, 0.3) is 0 Å². The fourth-order valence-corrected chi connectivity index (χ4v) is 17.3. The minimum atomic E-state index is -2.95. The Morgan fingerprint density at radius 1 is 0.426 bits per heavy atom. The molecule has 3 aromatic rings. The maximum atomic E-state index is 2.60. The number of aryl methyl sites for hydroxylation is 6. The summed E-state index contributed by atoms with van der Waals surface area (Å²) in [5.74, 6) is 0. The third-order valence-electron chi connectivity index (χ3n) is 10.7. The van der Waals surface area contributed by atoms with Gasteiger partial charge in [-0.25, -0.2) is 0 Å². The number of anilines is 3. The van der Waals surface area contributed by atoms with E-state index >= 15 is 0 Å². The average Bonchev–Trinajstić information content (AvgIpc) is 3.06. The molecule has 254 valence electrons. The summed E-state index contributed by atoms with van der Waals surface area (Å²) < 4.78 is -0.183. The van der Waals surface area contributed by atoms with Crippen LogP contribution in [-0.4, -0.2) is 50.4 Å². The van der Waals surface area contributed by atoms with Gasteiger partial charge in [0.05, 0.1) is 0 Å². The molecule has 0 aromatic heterocycles. The topological polar surface area (TPSA) is 9.72 Å². The van der Waals surface area contributed by atoms with Crippen LogP contribution in [0.3, 0.4) is 0 Å². The maximum absolute atomic E-state index is 2.95. The predicted molar refractivity (Wildman–Crippen MR) is 195 cm³/mol. The smallest absolute Gasteiger partial charge is 1.00 e. The van der Waals surface area contributed by atoms with Gasteiger partial charge in [0.1, 0.15) is 0 Å². The van der Waals surface area contributed by atoms with Gasteiger partial charge < -0.3 is 37.2 Å². The number of hydrogen-bond donors (Lipinski definition) is 0. The Hall–Kier alpha value is -1.66. The molecule has 8 heteroatoms. The van der Waals surface area contributed by atoms with Gasteiger partial charge in [-0.1, -0.05) is 0 Å². The molecule has 0 saturated carbocycles. The normalized spacial score (nSPS) is 14.0. The van der Waals surface area contributed by atoms with Crippen LogP contribution in [0.2, 0.25) is 3.34 Å². The summed E-state index contributed by atoms with van der Waals surface area (Å²) in [6.45, 7) is 23.5. The van der Waals surface area contributed by atoms with Crippen LogP contribution in [-0.2, 0) is 20.4 Å². The molecule has 3 nitrogen and oxygen atoms in total. The molecule has 0 N–H and O–H groups in total. The van der Waals surface area contributed by atoms with E-state index in [4.69, 9.17) is 0 Å². The van der Waals surface area contributed by atoms with E-state index < -0.39 is 8.07 Å². The first-order valence-corrected chi connectivity index (χ1v) is 18.6. The number of halogens is 3. The molecule has 0 fully saturated rings. The van der Waals surface area contributed by atoms with Crippen molar-refractivity contribution in [3.63, 3.8) is 0 Å². The summed E-state index contributed by atoms with van der Waals surface area (Å²) in [4.78, 5) is 6.91. The second-order valence-electron chi connectivity index (χ2n) is 14.0. The van der Waals surface area contributed by atoms with Crippen molar-refractivity contribution in [2.45, 2.75) is 72.6 Å². The van der Waals surface area contributed by atoms with Gasteiger partial charge in [-0.15, -0.1) is 0 Å². The number of allylic oxidation sites excluding steroid dienone is 4. The summed E-state index contributed by atoms with van der Waals surface area (Å²) in [5, 5.41) is 4.55. The van der Waals surface area contributed by atoms with Gasteiger partial charge in [0.15, 0.2) is 0 Å². The van der Waals surface area contributed by atoms with E-state index in [1.165, 1.54) is 88.3 Å². The van der Waals surface area contributed by atoms with Crippen molar-refractivity contribution in [3.8, 4) is 0 Å². The molecular formula is C39H54Cl3N3SiTi. The minimum Gasteiger partial charge on any atom is -1.00 e. The standard InChI is InChI=1S/C39H54N3Si.3ClH.Ti/c1-23-17-26(4)36(20-33(23)40(11)12)43(39-31(9)29(7)30(8)32(39)10,37-21-34(41(13)14)24(2)18-27(37)5)38-22-35(42(15)16)25(3)19-28(38)6;;;;/h17-22H,1-16H3;3*1H;/q;;;;+3/p-3. The molecular weight excluding hydrogens is 693 g/mol. The molecule has 0 aliphatic heterocycles. The van der Waals surface area contributed by atoms with E-state index in [9.17, 15) is 0 Å². The Balaban J connectivity index is 0.00000368. The van der Waals surface area contributed by atoms with Gasteiger partial charge in [-0.05, 0) is 0 Å². The van der Waals surface area contributed by atoms with Crippen molar-refractivity contribution in [3.05, 3.63) is 92.1 Å². The molecule has 1 aliphatic carbocycles. The van der Waals surface area contributed by atoms with Crippen molar-refractivity contribution in [1.82, 2.24) is 0 Å². The van der Waals surface area contributed by atoms with Crippen LogP contribution < -0.4 is 67.5 Å². The largest absolute Gasteiger partial charge is 1.00 e. The summed E-state index contributed by atoms with van der Waals surface area (Å²) in [6.07, 6.45) is 0. The average molecular weight is 747 g/mol. The van der Waals surface area contributed by atoms with Crippen molar-refractivity contribution in [2.24, 2.45) is 0 Å². The quantitative estimate of drug-likeness (QED) is 0.208. The maximum Gasteiger partial charge on any atom is -1.00 e. The summed E-state index contributed by atoms with van der Waals surface area (Å²) in [5.41, 5.74) is 18.0. The van der Waals surface area contributed by atoms with Crippen LogP contribution in [0.4, 0.5) is 17.1 Å². The van der Waals surface area contributed by atoms with Crippen molar-refractivity contribution in [1.29, 1.82) is 0 Å². The zero-order valence-corrected chi connectivity index (χ0v) is 36.3. The molecule has 4 rings (SSSR count). The number of hydrogen-bond acceptors (Lipinski definition) is 3. The second-order valence-corrected chi connectivity index (χ2v) is 19.9. The first kappa shape index (κ1) is 43.4. The third-order valence-corrected chi connectivity index (χ3v) is 19.5. The van der Waals surface area contributed by atoms with E-state index in [-0.39, 0.29) is 40.6 Å². The van der Waals surface area contributed by atoms with Crippen molar-refractivity contribution < 1.29 is 57.7 Å². The van der Waals surface area contributed by atoms with Crippen LogP contribution >= 0.6 is 0 Å². The van der Waals surface area contributed by atoms with Crippen LogP contribution in [0.15, 0.2) is 58.7 Å². The summed E-state index contributed by atoms with van der Waals surface area (Å²) in [6, 6.07) is 15.1. The van der Waals surface area contributed by atoms with Crippen molar-refractivity contribution in [2.75, 3.05) is 57.0 Å². The summed E-state index contributed by atoms with van der Waals surface area (Å²) >= 11 is 2.60. The third kappa shape index (κ3) is 6.65. The molecule has 0 bridgehead atoms. The molecule has 1 aliphatic rings.